The van der Waals surface area contributed by atoms with E-state index in [9.17, 15) is 26.6 Å². The summed E-state index contributed by atoms with van der Waals surface area (Å²) < 4.78 is 67.3. The number of nitrogens with zero attached hydrogens (tertiary/aromatic N) is 4. The van der Waals surface area contributed by atoms with Crippen molar-refractivity contribution in [3.8, 4) is 5.69 Å². The van der Waals surface area contributed by atoms with E-state index in [-0.39, 0.29) is 11.3 Å². The molecule has 7 nitrogen and oxygen atoms in total. The molecule has 0 aliphatic heterocycles. The van der Waals surface area contributed by atoms with E-state index in [4.69, 9.17) is 0 Å². The van der Waals surface area contributed by atoms with E-state index in [1.807, 2.05) is 0 Å². The first-order valence-corrected chi connectivity index (χ1v) is 11.2. The van der Waals surface area contributed by atoms with Crippen molar-refractivity contribution in [2.24, 2.45) is 0 Å². The molecule has 174 valence electrons. The second kappa shape index (κ2) is 9.00. The van der Waals surface area contributed by atoms with Crippen LogP contribution in [-0.2, 0) is 28.2 Å². The zero-order valence-electron chi connectivity index (χ0n) is 17.3. The number of benzene rings is 1. The van der Waals surface area contributed by atoms with Gasteiger partial charge in [0, 0.05) is 22.7 Å². The molecular weight excluding hydrogens is 462 g/mol. The quantitative estimate of drug-likeness (QED) is 0.547. The predicted molar refractivity (Wildman–Crippen MR) is 110 cm³/mol. The van der Waals surface area contributed by atoms with Crippen LogP contribution in [0, 0.1) is 12.7 Å². The Bertz CT molecular complexity index is 1180. The molecule has 12 heteroatoms. The Morgan fingerprint density at radius 1 is 1.18 bits per heavy atom. The van der Waals surface area contributed by atoms with Crippen molar-refractivity contribution >= 4 is 16.7 Å². The number of halogens is 4. The number of nitrogens with one attached hydrogen (secondary N) is 1. The Hall–Kier alpha value is -3.15. The van der Waals surface area contributed by atoms with Crippen LogP contribution in [0.25, 0.3) is 5.69 Å². The van der Waals surface area contributed by atoms with Crippen LogP contribution in [0.1, 0.15) is 29.9 Å². The van der Waals surface area contributed by atoms with Gasteiger partial charge in [-0.05, 0) is 44.0 Å². The zero-order valence-corrected chi connectivity index (χ0v) is 18.2. The first kappa shape index (κ1) is 23.0. The van der Waals surface area contributed by atoms with Crippen molar-refractivity contribution in [2.75, 3.05) is 0 Å². The van der Waals surface area contributed by atoms with Gasteiger partial charge in [0.25, 0.3) is 0 Å². The van der Waals surface area contributed by atoms with Crippen molar-refractivity contribution < 1.29 is 26.6 Å². The second-order valence-electron chi connectivity index (χ2n) is 7.65. The Labute approximate surface area is 188 Å². The molecule has 1 aliphatic carbocycles. The molecule has 0 saturated heterocycles. The van der Waals surface area contributed by atoms with Gasteiger partial charge >= 0.3 is 6.18 Å². The van der Waals surface area contributed by atoms with Gasteiger partial charge in [0.15, 0.2) is 5.69 Å². The van der Waals surface area contributed by atoms with Gasteiger partial charge in [-0.2, -0.15) is 18.3 Å². The average molecular weight is 481 g/mol. The Balaban J connectivity index is 1.47. The van der Waals surface area contributed by atoms with E-state index >= 15 is 0 Å². The third kappa shape index (κ3) is 5.10. The number of alkyl halides is 3. The van der Waals surface area contributed by atoms with Crippen molar-refractivity contribution in [3.05, 3.63) is 65.8 Å². The summed E-state index contributed by atoms with van der Waals surface area (Å²) in [4.78, 5) is 20.9. The molecule has 1 aliphatic rings. The minimum atomic E-state index is -4.75. The Morgan fingerprint density at radius 3 is 2.42 bits per heavy atom. The fourth-order valence-corrected chi connectivity index (χ4v) is 5.09. The largest absolute Gasteiger partial charge is 0.435 e. The summed E-state index contributed by atoms with van der Waals surface area (Å²) in [6.07, 6.45) is -0.371. The lowest BCUT2D eigenvalue weighted by atomic mass is 9.92. The fourth-order valence-electron chi connectivity index (χ4n) is 3.48. The summed E-state index contributed by atoms with van der Waals surface area (Å²) in [7, 11) is -1.48. The van der Waals surface area contributed by atoms with Crippen LogP contribution in [0.3, 0.4) is 0 Å². The lowest BCUT2D eigenvalue weighted by molar-refractivity contribution is -0.142. The molecule has 0 bridgehead atoms. The molecule has 1 N–H and O–H groups in total. The molecule has 3 atom stereocenters. The summed E-state index contributed by atoms with van der Waals surface area (Å²) in [5.74, 6) is -0.631. The third-order valence-electron chi connectivity index (χ3n) is 5.32. The molecule has 1 aromatic carbocycles. The molecule has 1 unspecified atom stereocenters. The molecule has 1 saturated carbocycles. The third-order valence-corrected chi connectivity index (χ3v) is 7.17. The highest BCUT2D eigenvalue weighted by Crippen LogP contribution is 2.32. The molecule has 1 fully saturated rings. The summed E-state index contributed by atoms with van der Waals surface area (Å²) in [5, 5.41) is 5.87. The summed E-state index contributed by atoms with van der Waals surface area (Å²) in [6.45, 7) is 1.64. The van der Waals surface area contributed by atoms with Crippen LogP contribution in [-0.4, -0.2) is 41.2 Å². The molecular formula is C21H19F4N5O2S. The average Bonchev–Trinajstić information content (AvgIpc) is 3.16. The highest BCUT2D eigenvalue weighted by Gasteiger charge is 2.40. The van der Waals surface area contributed by atoms with Crippen LogP contribution in [0.4, 0.5) is 17.6 Å². The Kier molecular flexibility index (Phi) is 6.28. The van der Waals surface area contributed by atoms with Crippen LogP contribution >= 0.6 is 0 Å². The van der Waals surface area contributed by atoms with Gasteiger partial charge < -0.3 is 5.32 Å². The number of rotatable bonds is 6. The van der Waals surface area contributed by atoms with Gasteiger partial charge in [-0.15, -0.1) is 0 Å². The van der Waals surface area contributed by atoms with Gasteiger partial charge in [0.2, 0.25) is 5.91 Å². The maximum atomic E-state index is 13.5. The van der Waals surface area contributed by atoms with Gasteiger partial charge in [-0.1, -0.05) is 0 Å². The highest BCUT2D eigenvalue weighted by atomic mass is 32.2. The number of amides is 1. The predicted octanol–water partition coefficient (Wildman–Crippen LogP) is 3.13. The van der Waals surface area contributed by atoms with Crippen molar-refractivity contribution in [2.45, 2.75) is 48.5 Å². The maximum Gasteiger partial charge on any atom is 0.435 e. The zero-order chi connectivity index (χ0) is 23.8. The van der Waals surface area contributed by atoms with Gasteiger partial charge in [0.05, 0.1) is 34.9 Å². The minimum Gasteiger partial charge on any atom is -0.352 e. The fraction of sp³-hybridized carbons (Fsp3) is 0.333. The van der Waals surface area contributed by atoms with Gasteiger partial charge in [-0.3, -0.25) is 9.00 Å². The Morgan fingerprint density at radius 2 is 1.85 bits per heavy atom. The minimum absolute atomic E-state index is 0.228. The number of carbonyl (C=O) groups is 1. The van der Waals surface area contributed by atoms with E-state index in [1.165, 1.54) is 36.7 Å². The smallest absolute Gasteiger partial charge is 0.352 e. The summed E-state index contributed by atoms with van der Waals surface area (Å²) in [6, 6.07) is 4.80. The number of hydrogen-bond acceptors (Lipinski definition) is 5. The number of carbonyl (C=O) groups excluding carboxylic acids is 1. The number of aryl methyl sites for hydroxylation is 1. The van der Waals surface area contributed by atoms with E-state index in [1.54, 1.807) is 6.92 Å². The van der Waals surface area contributed by atoms with E-state index in [2.05, 4.69) is 20.4 Å². The molecule has 0 radical (unpaired) electrons. The van der Waals surface area contributed by atoms with Crippen molar-refractivity contribution in [1.29, 1.82) is 0 Å². The molecule has 3 aromatic rings. The highest BCUT2D eigenvalue weighted by molar-refractivity contribution is 7.85. The topological polar surface area (TPSA) is 89.8 Å². The molecule has 1 amide bonds. The normalized spacial score (nSPS) is 19.1. The molecule has 2 aromatic heterocycles. The maximum absolute atomic E-state index is 13.5. The summed E-state index contributed by atoms with van der Waals surface area (Å²) in [5.41, 5.74) is -1.24. The van der Waals surface area contributed by atoms with Crippen molar-refractivity contribution in [1.82, 2.24) is 25.1 Å². The SMILES string of the molecule is Cc1ncc(-n2cc(CC(=O)N[C@@H]3CC[C@@H]3S(=O)c3ccc(F)cc3)c(C(F)(F)F)n2)cn1. The van der Waals surface area contributed by atoms with Crippen LogP contribution in [0.5, 0.6) is 0 Å². The molecule has 33 heavy (non-hydrogen) atoms. The first-order chi connectivity index (χ1) is 15.6. The van der Waals surface area contributed by atoms with E-state index < -0.39 is 52.1 Å². The molecule has 2 heterocycles. The second-order valence-corrected chi connectivity index (χ2v) is 9.32. The lowest BCUT2D eigenvalue weighted by Gasteiger charge is -2.36. The summed E-state index contributed by atoms with van der Waals surface area (Å²) >= 11 is 0. The van der Waals surface area contributed by atoms with Crippen LogP contribution in [0.2, 0.25) is 0 Å². The van der Waals surface area contributed by atoms with E-state index in [0.29, 0.717) is 23.6 Å². The van der Waals surface area contributed by atoms with Gasteiger partial charge in [0.1, 0.15) is 17.3 Å². The van der Waals surface area contributed by atoms with Crippen LogP contribution in [0.15, 0.2) is 47.8 Å². The van der Waals surface area contributed by atoms with Crippen molar-refractivity contribution in [3.63, 3.8) is 0 Å². The first-order valence-electron chi connectivity index (χ1n) is 10.0. The standard InChI is InChI=1S/C21H19F4N5O2S/c1-12-26-9-15(10-27-12)30-11-13(20(29-30)21(23,24)25)8-19(31)28-17-6-7-18(17)33(32)16-4-2-14(22)3-5-16/h2-5,9-11,17-18H,6-8H2,1H3,(H,28,31)/t17-,18+,33?/m1/s1. The number of hydrogen-bond donors (Lipinski definition) is 1. The lowest BCUT2D eigenvalue weighted by Crippen LogP contribution is -2.52. The van der Waals surface area contributed by atoms with Gasteiger partial charge in [-0.25, -0.2) is 19.0 Å². The molecule has 4 rings (SSSR count). The van der Waals surface area contributed by atoms with E-state index in [0.717, 1.165) is 10.9 Å². The van der Waals surface area contributed by atoms with Crippen LogP contribution < -0.4 is 5.32 Å². The molecule has 0 spiro atoms. The monoisotopic (exact) mass is 481 g/mol. The number of aromatic nitrogens is 4.